The molecule has 2 fully saturated rings. The van der Waals surface area contributed by atoms with Crippen molar-refractivity contribution in [2.75, 3.05) is 0 Å². The van der Waals surface area contributed by atoms with Gasteiger partial charge in [0.1, 0.15) is 0 Å². The van der Waals surface area contributed by atoms with Crippen LogP contribution >= 0.6 is 7.81 Å². The number of nitrogens with zero attached hydrogens (tertiary/aromatic N) is 2. The average molecular weight is 759 g/mol. The van der Waals surface area contributed by atoms with E-state index in [1.54, 1.807) is 0 Å². The quantitative estimate of drug-likeness (QED) is 0.0882. The maximum Gasteiger partial charge on any atom is 2.00 e. The molecule has 39 heavy (non-hydrogen) atoms. The molecule has 0 aliphatic heterocycles. The minimum absolute atomic E-state index is 0. The van der Waals surface area contributed by atoms with Crippen molar-refractivity contribution in [2.24, 2.45) is 4.99 Å². The van der Waals surface area contributed by atoms with Crippen LogP contribution in [0.1, 0.15) is 104 Å². The average Bonchev–Trinajstić information content (AvgIpc) is 2.95. The second-order valence-corrected chi connectivity index (χ2v) is 12.1. The fourth-order valence-electron chi connectivity index (χ4n) is 3.59. The van der Waals surface area contributed by atoms with Crippen LogP contribution in [0.3, 0.4) is 0 Å². The zero-order chi connectivity index (χ0) is 30.3. The minimum atomic E-state index is -10.7. The Morgan fingerprint density at radius 3 is 0.769 bits per heavy atom. The first-order valence-corrected chi connectivity index (χ1v) is 14.3. The molecule has 2 rings (SSSR count). The summed E-state index contributed by atoms with van der Waals surface area (Å²) in [5.41, 5.74) is 0. The van der Waals surface area contributed by atoms with Gasteiger partial charge in [-0.3, -0.25) is 0 Å². The summed E-state index contributed by atoms with van der Waals surface area (Å²) in [5.74, 6) is 15.6. The van der Waals surface area contributed by atoms with Gasteiger partial charge in [-0.2, -0.15) is 0 Å². The normalized spacial score (nSPS) is 22.1. The van der Waals surface area contributed by atoms with E-state index in [4.69, 9.17) is 0 Å². The second kappa shape index (κ2) is 17.1. The third-order valence-electron chi connectivity index (χ3n) is 6.52. The van der Waals surface area contributed by atoms with Gasteiger partial charge in [-0.05, 0) is 78.2 Å². The number of rotatable bonds is 2. The topological polar surface area (TPSA) is 26.5 Å². The van der Waals surface area contributed by atoms with E-state index in [1.165, 1.54) is 59.2 Å². The van der Waals surface area contributed by atoms with Crippen LogP contribution in [0.2, 0.25) is 0 Å². The number of hydrogen-bond donors (Lipinski definition) is 0. The van der Waals surface area contributed by atoms with Gasteiger partial charge in [0.25, 0.3) is 0 Å². The fourth-order valence-corrected chi connectivity index (χ4v) is 3.59. The minimum Gasteiger partial charge on any atom is 2.00 e. The van der Waals surface area contributed by atoms with Crippen molar-refractivity contribution in [3.8, 4) is 0 Å². The van der Waals surface area contributed by atoms with Crippen LogP contribution in [0.25, 0.3) is 5.32 Å². The predicted molar refractivity (Wildman–Crippen MR) is 149 cm³/mol. The maximum atomic E-state index is 9.87. The third-order valence-corrected chi connectivity index (χ3v) is 6.52. The van der Waals surface area contributed by atoms with Gasteiger partial charge in [0, 0.05) is 0 Å². The molecule has 0 amide bonds. The monoisotopic (exact) mass is 760 g/mol. The third kappa shape index (κ3) is 22.0. The number of halogens is 6. The molecular formula is C28H47F6N2PRu2+2. The zero-order valence-corrected chi connectivity index (χ0v) is 30.3. The van der Waals surface area contributed by atoms with Crippen molar-refractivity contribution in [1.82, 2.24) is 0 Å². The summed E-state index contributed by atoms with van der Waals surface area (Å²) in [6.07, 6.45) is 0. The van der Waals surface area contributed by atoms with Crippen molar-refractivity contribution >= 4 is 13.6 Å². The van der Waals surface area contributed by atoms with E-state index in [9.17, 15) is 25.2 Å². The molecule has 2 saturated carbocycles. The van der Waals surface area contributed by atoms with Crippen LogP contribution in [0.15, 0.2) is 4.99 Å². The van der Waals surface area contributed by atoms with Gasteiger partial charge in [0.05, 0.1) is 0 Å². The Morgan fingerprint density at radius 2 is 0.667 bits per heavy atom. The summed E-state index contributed by atoms with van der Waals surface area (Å²) in [6.45, 7) is 32.2. The van der Waals surface area contributed by atoms with Crippen molar-refractivity contribution in [3.05, 3.63) is 64.5 Å². The molecule has 0 aromatic carbocycles. The van der Waals surface area contributed by atoms with Crippen LogP contribution in [-0.4, -0.2) is 17.9 Å². The standard InChI is InChI=1S/2C10H15.C8H17N2.F6P.2Ru/c2*1-6-7(2)9(4)10(5)8(6)3;1-6(2)9-8(5)10-7(3)4;1-7(2,3,4,5)6;;/h2*1-5H3;6-7H,1-5H3;;;/q;;2*-1;2*+2. The first-order chi connectivity index (χ1) is 16.1. The molecule has 2 aliphatic rings. The molecule has 0 N–H and O–H groups in total. The van der Waals surface area contributed by atoms with E-state index in [0.29, 0.717) is 12.1 Å². The Bertz CT molecular complexity index is 573. The largest absolute Gasteiger partial charge is 2.00 e. The van der Waals surface area contributed by atoms with Gasteiger partial charge in [-0.15, -0.1) is 0 Å². The molecule has 10 radical (unpaired) electrons. The van der Waals surface area contributed by atoms with E-state index in [1.807, 2.05) is 6.92 Å². The number of hydrogen-bond acceptors (Lipinski definition) is 1. The smallest absolute Gasteiger partial charge is 2.00 e. The molecule has 0 aromatic heterocycles. The molecule has 0 bridgehead atoms. The van der Waals surface area contributed by atoms with Crippen LogP contribution in [0.5, 0.6) is 0 Å². The van der Waals surface area contributed by atoms with E-state index < -0.39 is 7.81 Å². The van der Waals surface area contributed by atoms with Crippen molar-refractivity contribution in [1.29, 1.82) is 0 Å². The summed E-state index contributed by atoms with van der Waals surface area (Å²) in [6, 6.07) is 0.727. The van der Waals surface area contributed by atoms with Crippen molar-refractivity contribution in [3.63, 3.8) is 0 Å². The van der Waals surface area contributed by atoms with Crippen LogP contribution in [0, 0.1) is 59.2 Å². The molecule has 230 valence electrons. The van der Waals surface area contributed by atoms with Crippen LogP contribution < -0.4 is 0 Å². The fraction of sp³-hybridized carbons (Fsp3) is 0.607. The molecule has 0 saturated heterocycles. The SMILES string of the molecule is CC(=NC(C)C)[N-]C(C)C.C[C]1[C](C)[C](C)[C](C)[C]1C.C[C]1[C](C)[C](C)[C](C)[C]1C.F[P-](F)(F)(F)(F)F.[Ru+2].[Ru+2]. The molecule has 0 heterocycles. The first-order valence-electron chi connectivity index (χ1n) is 12.3. The van der Waals surface area contributed by atoms with Crippen molar-refractivity contribution in [2.45, 2.75) is 116 Å². The second-order valence-electron chi connectivity index (χ2n) is 10.2. The molecule has 0 unspecified atom stereocenters. The molecule has 0 atom stereocenters. The van der Waals surface area contributed by atoms with Gasteiger partial charge in [0.2, 0.25) is 0 Å². The van der Waals surface area contributed by atoms with Gasteiger partial charge in [0.15, 0.2) is 0 Å². The van der Waals surface area contributed by atoms with Gasteiger partial charge in [-0.1, -0.05) is 103 Å². The van der Waals surface area contributed by atoms with Crippen LogP contribution in [-0.2, 0) is 39.0 Å². The molecule has 2 nitrogen and oxygen atoms in total. The van der Waals surface area contributed by atoms with E-state index in [-0.39, 0.29) is 39.0 Å². The maximum absolute atomic E-state index is 10.7. The summed E-state index contributed by atoms with van der Waals surface area (Å²) in [5, 5.41) is 4.27. The van der Waals surface area contributed by atoms with Gasteiger partial charge in [-0.25, -0.2) is 0 Å². The first kappa shape index (κ1) is 46.7. The molecular weight excluding hydrogens is 711 g/mol. The summed E-state index contributed by atoms with van der Waals surface area (Å²) in [4.78, 5) is 4.27. The van der Waals surface area contributed by atoms with E-state index in [0.717, 1.165) is 5.84 Å². The summed E-state index contributed by atoms with van der Waals surface area (Å²) >= 11 is 0. The van der Waals surface area contributed by atoms with Gasteiger partial charge < -0.3 is 10.3 Å². The Labute approximate surface area is 262 Å². The van der Waals surface area contributed by atoms with Crippen LogP contribution in [0.4, 0.5) is 25.2 Å². The Morgan fingerprint density at radius 1 is 0.513 bits per heavy atom. The number of amidine groups is 1. The Kier molecular flexibility index (Phi) is 20.5. The predicted octanol–water partition coefficient (Wildman–Crippen LogP) is 11.9. The molecule has 0 spiro atoms. The Hall–Kier alpha value is 0.727. The van der Waals surface area contributed by atoms with E-state index in [2.05, 4.69) is 107 Å². The van der Waals surface area contributed by atoms with Crippen molar-refractivity contribution < 1.29 is 64.1 Å². The zero-order valence-electron chi connectivity index (χ0n) is 26.0. The molecule has 2 aliphatic carbocycles. The molecule has 0 aromatic rings. The summed E-state index contributed by atoms with van der Waals surface area (Å²) in [7, 11) is -10.7. The van der Waals surface area contributed by atoms with E-state index >= 15 is 0 Å². The Balaban J connectivity index is -0.000000208. The number of aliphatic imine (C=N–C) groups is 1. The summed E-state index contributed by atoms with van der Waals surface area (Å²) < 4.78 is 59.2. The molecule has 11 heteroatoms. The van der Waals surface area contributed by atoms with Gasteiger partial charge >= 0.3 is 71.9 Å².